The third-order valence-electron chi connectivity index (χ3n) is 4.54. The topological polar surface area (TPSA) is 40.3 Å². The van der Waals surface area contributed by atoms with Gasteiger partial charge in [-0.1, -0.05) is 6.07 Å². The summed E-state index contributed by atoms with van der Waals surface area (Å²) in [5.74, 6) is 0.906. The molecule has 120 valence electrons. The van der Waals surface area contributed by atoms with E-state index in [1.54, 1.807) is 7.11 Å². The maximum absolute atomic E-state index is 5.43. The van der Waals surface area contributed by atoms with Gasteiger partial charge >= 0.3 is 0 Å². The van der Waals surface area contributed by atoms with Crippen molar-refractivity contribution in [1.29, 1.82) is 0 Å². The Morgan fingerprint density at radius 1 is 1.22 bits per heavy atom. The van der Waals surface area contributed by atoms with E-state index in [1.165, 1.54) is 15.8 Å². The molecule has 0 saturated carbocycles. The van der Waals surface area contributed by atoms with Gasteiger partial charge in [-0.25, -0.2) is 0 Å². The van der Waals surface area contributed by atoms with Crippen molar-refractivity contribution in [1.82, 2.24) is 15.2 Å². The second kappa shape index (κ2) is 6.35. The minimum Gasteiger partial charge on any atom is -0.497 e. The number of nitrogens with zero attached hydrogens (tertiary/aromatic N) is 1. The van der Waals surface area contributed by atoms with Gasteiger partial charge in [-0.3, -0.25) is 4.90 Å². The number of benzene rings is 1. The fraction of sp³-hybridized carbons (Fsp3) is 0.333. The van der Waals surface area contributed by atoms with E-state index in [9.17, 15) is 0 Å². The second-order valence-corrected chi connectivity index (χ2v) is 6.84. The molecule has 2 aromatic heterocycles. The summed E-state index contributed by atoms with van der Waals surface area (Å²) < 4.78 is 5.43. The number of ether oxygens (including phenoxy) is 1. The van der Waals surface area contributed by atoms with Crippen molar-refractivity contribution in [2.24, 2.45) is 0 Å². The molecule has 0 amide bonds. The van der Waals surface area contributed by atoms with E-state index in [0.29, 0.717) is 6.04 Å². The van der Waals surface area contributed by atoms with Gasteiger partial charge in [-0.05, 0) is 29.6 Å². The zero-order chi connectivity index (χ0) is 15.6. The molecule has 0 spiro atoms. The molecule has 1 aliphatic heterocycles. The van der Waals surface area contributed by atoms with Crippen LogP contribution in [0.15, 0.2) is 41.9 Å². The number of fused-ring (bicyclic) bond motifs is 1. The largest absolute Gasteiger partial charge is 0.497 e. The second-order valence-electron chi connectivity index (χ2n) is 5.86. The molecule has 1 aliphatic rings. The van der Waals surface area contributed by atoms with Crippen LogP contribution in [-0.4, -0.2) is 43.2 Å². The Kier molecular flexibility index (Phi) is 4.08. The van der Waals surface area contributed by atoms with E-state index in [-0.39, 0.29) is 0 Å². The highest BCUT2D eigenvalue weighted by molar-refractivity contribution is 7.10. The maximum atomic E-state index is 5.43. The molecule has 2 N–H and O–H groups in total. The molecule has 5 heteroatoms. The van der Waals surface area contributed by atoms with Gasteiger partial charge in [0.05, 0.1) is 13.2 Å². The average Bonchev–Trinajstić information content (AvgIpc) is 3.26. The fourth-order valence-electron chi connectivity index (χ4n) is 3.39. The normalized spacial score (nSPS) is 17.4. The minimum atomic E-state index is 0.304. The van der Waals surface area contributed by atoms with Crippen molar-refractivity contribution in [2.75, 3.05) is 33.3 Å². The molecule has 4 nitrogen and oxygen atoms in total. The first kappa shape index (κ1) is 14.8. The summed E-state index contributed by atoms with van der Waals surface area (Å²) in [6, 6.07) is 10.9. The average molecular weight is 327 g/mol. The summed E-state index contributed by atoms with van der Waals surface area (Å²) in [5, 5.41) is 6.87. The summed E-state index contributed by atoms with van der Waals surface area (Å²) in [4.78, 5) is 7.40. The van der Waals surface area contributed by atoms with Crippen LogP contribution in [-0.2, 0) is 0 Å². The summed E-state index contributed by atoms with van der Waals surface area (Å²) in [5.41, 5.74) is 2.50. The summed E-state index contributed by atoms with van der Waals surface area (Å²) in [7, 11) is 1.72. The highest BCUT2D eigenvalue weighted by Crippen LogP contribution is 2.37. The molecule has 1 aromatic carbocycles. The summed E-state index contributed by atoms with van der Waals surface area (Å²) >= 11 is 1.83. The fourth-order valence-corrected chi connectivity index (χ4v) is 4.27. The molecule has 0 bridgehead atoms. The number of thiophene rings is 1. The standard InChI is InChI=1S/C18H21N3OS/c1-22-13-4-5-16-14(11-13)15(12-20-16)18(17-3-2-10-23-17)21-8-6-19-7-9-21/h2-5,10-12,18-20H,6-9H2,1H3/t18-/m1/s1. The highest BCUT2D eigenvalue weighted by Gasteiger charge is 2.27. The Bertz CT molecular complexity index is 775. The summed E-state index contributed by atoms with van der Waals surface area (Å²) in [6.45, 7) is 4.24. The molecular formula is C18H21N3OS. The van der Waals surface area contributed by atoms with E-state index >= 15 is 0 Å². The summed E-state index contributed by atoms with van der Waals surface area (Å²) in [6.07, 6.45) is 2.16. The number of nitrogens with one attached hydrogen (secondary N) is 2. The number of rotatable bonds is 4. The van der Waals surface area contributed by atoms with Crippen molar-refractivity contribution in [2.45, 2.75) is 6.04 Å². The smallest absolute Gasteiger partial charge is 0.119 e. The lowest BCUT2D eigenvalue weighted by Gasteiger charge is -2.34. The first-order valence-electron chi connectivity index (χ1n) is 8.00. The third-order valence-corrected chi connectivity index (χ3v) is 5.47. The Morgan fingerprint density at radius 3 is 2.83 bits per heavy atom. The van der Waals surface area contributed by atoms with Gasteiger partial charge in [-0.15, -0.1) is 11.3 Å². The first-order chi connectivity index (χ1) is 11.4. The zero-order valence-corrected chi connectivity index (χ0v) is 14.0. The van der Waals surface area contributed by atoms with Crippen molar-refractivity contribution in [3.63, 3.8) is 0 Å². The maximum Gasteiger partial charge on any atom is 0.119 e. The van der Waals surface area contributed by atoms with Crippen LogP contribution >= 0.6 is 11.3 Å². The molecule has 0 radical (unpaired) electrons. The number of piperazine rings is 1. The molecule has 0 aliphatic carbocycles. The number of H-pyrrole nitrogens is 1. The number of aromatic amines is 1. The van der Waals surface area contributed by atoms with Crippen LogP contribution < -0.4 is 10.1 Å². The lowest BCUT2D eigenvalue weighted by molar-refractivity contribution is 0.201. The van der Waals surface area contributed by atoms with Crippen LogP contribution in [0.1, 0.15) is 16.5 Å². The lowest BCUT2D eigenvalue weighted by atomic mass is 10.0. The van der Waals surface area contributed by atoms with Crippen LogP contribution in [0.5, 0.6) is 5.75 Å². The number of aromatic nitrogens is 1. The Labute approximate surface area is 140 Å². The Hall–Kier alpha value is -1.82. The van der Waals surface area contributed by atoms with Crippen LogP contribution in [0.25, 0.3) is 10.9 Å². The van der Waals surface area contributed by atoms with Crippen molar-refractivity contribution in [3.05, 3.63) is 52.3 Å². The van der Waals surface area contributed by atoms with Crippen LogP contribution in [0.4, 0.5) is 0 Å². The van der Waals surface area contributed by atoms with Crippen LogP contribution in [0, 0.1) is 0 Å². The number of methoxy groups -OCH3 is 1. The molecule has 4 rings (SSSR count). The highest BCUT2D eigenvalue weighted by atomic mass is 32.1. The molecule has 1 fully saturated rings. The quantitative estimate of drug-likeness (QED) is 0.773. The molecule has 0 unspecified atom stereocenters. The number of hydrogen-bond donors (Lipinski definition) is 2. The molecule has 3 heterocycles. The van der Waals surface area contributed by atoms with Gasteiger partial charge in [0.2, 0.25) is 0 Å². The Balaban J connectivity index is 1.82. The minimum absolute atomic E-state index is 0.304. The first-order valence-corrected chi connectivity index (χ1v) is 8.88. The monoisotopic (exact) mass is 327 g/mol. The van der Waals surface area contributed by atoms with Gasteiger partial charge < -0.3 is 15.0 Å². The number of hydrogen-bond acceptors (Lipinski definition) is 4. The van der Waals surface area contributed by atoms with Gasteiger partial charge in [0.15, 0.2) is 0 Å². The van der Waals surface area contributed by atoms with Crippen molar-refractivity contribution in [3.8, 4) is 5.75 Å². The van der Waals surface area contributed by atoms with Crippen LogP contribution in [0.2, 0.25) is 0 Å². The van der Waals surface area contributed by atoms with Gasteiger partial charge in [0, 0.05) is 53.7 Å². The van der Waals surface area contributed by atoms with Gasteiger partial charge in [-0.2, -0.15) is 0 Å². The zero-order valence-electron chi connectivity index (χ0n) is 13.2. The van der Waals surface area contributed by atoms with Crippen LogP contribution in [0.3, 0.4) is 0 Å². The van der Waals surface area contributed by atoms with E-state index in [1.807, 2.05) is 17.4 Å². The van der Waals surface area contributed by atoms with Gasteiger partial charge in [0.25, 0.3) is 0 Å². The predicted octanol–water partition coefficient (Wildman–Crippen LogP) is 3.23. The third kappa shape index (κ3) is 2.76. The van der Waals surface area contributed by atoms with Gasteiger partial charge in [0.1, 0.15) is 5.75 Å². The van der Waals surface area contributed by atoms with E-state index < -0.39 is 0 Å². The molecule has 1 saturated heterocycles. The SMILES string of the molecule is COc1ccc2[nH]cc([C@H](c3cccs3)N3CCNCC3)c2c1. The molecule has 23 heavy (non-hydrogen) atoms. The molecule has 1 atom stereocenters. The molecule has 3 aromatic rings. The molecular weight excluding hydrogens is 306 g/mol. The van der Waals surface area contributed by atoms with E-state index in [4.69, 9.17) is 4.74 Å². The van der Waals surface area contributed by atoms with Crippen molar-refractivity contribution >= 4 is 22.2 Å². The lowest BCUT2D eigenvalue weighted by Crippen LogP contribution is -2.45. The Morgan fingerprint density at radius 2 is 2.09 bits per heavy atom. The predicted molar refractivity (Wildman–Crippen MR) is 95.5 cm³/mol. The van der Waals surface area contributed by atoms with E-state index in [0.717, 1.165) is 37.4 Å². The van der Waals surface area contributed by atoms with Crippen molar-refractivity contribution < 1.29 is 4.74 Å². The van der Waals surface area contributed by atoms with E-state index in [2.05, 4.69) is 51.0 Å².